The normalized spacial score (nSPS) is 19.8. The van der Waals surface area contributed by atoms with Gasteiger partial charge in [0.05, 0.1) is 29.5 Å². The number of aliphatic hydroxyl groups is 1. The van der Waals surface area contributed by atoms with Gasteiger partial charge in [-0.05, 0) is 39.2 Å². The van der Waals surface area contributed by atoms with E-state index < -0.39 is 53.1 Å². The van der Waals surface area contributed by atoms with E-state index in [1.165, 1.54) is 47.4 Å². The van der Waals surface area contributed by atoms with Crippen LogP contribution in [-0.4, -0.2) is 93.7 Å². The number of nitrogens with two attached hydrogens (primary N) is 1. The fourth-order valence-corrected chi connectivity index (χ4v) is 6.18. The number of carbonyl (C=O) groups excluding carboxylic acids is 5. The van der Waals surface area contributed by atoms with Crippen LogP contribution in [0.3, 0.4) is 0 Å². The lowest BCUT2D eigenvalue weighted by molar-refractivity contribution is -0.139. The average Bonchev–Trinajstić information content (AvgIpc) is 3.72. The van der Waals surface area contributed by atoms with Gasteiger partial charge in [0, 0.05) is 31.6 Å². The SMILES string of the molecule is CC(NC(=O)[C@@H]1C[C@H](n2nncc2C(C)(C)O)CN1C(=O)/C(CC1CCCCC1)=N/C(=O)c1cnc2nccnc2c1)C(=O)C(N)=O. The zero-order chi connectivity index (χ0) is 33.9. The van der Waals surface area contributed by atoms with Crippen LogP contribution in [-0.2, 0) is 24.8 Å². The lowest BCUT2D eigenvalue weighted by atomic mass is 9.85. The molecule has 1 saturated carbocycles. The van der Waals surface area contributed by atoms with Crippen LogP contribution < -0.4 is 11.1 Å². The number of amides is 4. The first-order valence-corrected chi connectivity index (χ1v) is 15.6. The number of aromatic nitrogens is 6. The Bertz CT molecular complexity index is 1720. The Hall–Kier alpha value is -4.99. The van der Waals surface area contributed by atoms with Gasteiger partial charge in [-0.15, -0.1) is 5.10 Å². The predicted molar refractivity (Wildman–Crippen MR) is 167 cm³/mol. The molecule has 3 aromatic heterocycles. The van der Waals surface area contributed by atoms with E-state index in [4.69, 9.17) is 5.73 Å². The van der Waals surface area contributed by atoms with Crippen LogP contribution in [0.2, 0.25) is 0 Å². The van der Waals surface area contributed by atoms with E-state index in [2.05, 4.69) is 35.6 Å². The standard InChI is InChI=1S/C31H38N10O6/c1-17(25(42)26(32)43)37-29(45)23-13-20(41-24(15-36-39-41)31(2,3)47)16-40(23)30(46)22(11-18-7-5-4-6-8-18)38-28(44)19-12-21-27(35-14-19)34-10-9-33-21/h9-10,12,14-15,17-18,20,23,47H,4-8,11,13,16H2,1-3H3,(H2,32,43)(H,37,45)/b38-22+/t17?,20-,23-/m0/s1. The van der Waals surface area contributed by atoms with Gasteiger partial charge in [-0.3, -0.25) is 29.0 Å². The molecule has 4 heterocycles. The third-order valence-electron chi connectivity index (χ3n) is 8.65. The number of rotatable bonds is 10. The maximum Gasteiger partial charge on any atom is 0.287 e. The number of nitrogens with zero attached hydrogens (tertiary/aromatic N) is 8. The number of pyridine rings is 1. The number of carbonyl (C=O) groups is 5. The molecule has 0 radical (unpaired) electrons. The maximum atomic E-state index is 14.4. The van der Waals surface area contributed by atoms with Crippen LogP contribution in [0.1, 0.15) is 87.8 Å². The Kier molecular flexibility index (Phi) is 9.79. The van der Waals surface area contributed by atoms with Gasteiger partial charge < -0.3 is 21.1 Å². The summed E-state index contributed by atoms with van der Waals surface area (Å²) < 4.78 is 1.47. The number of aliphatic imine (C=N–C) groups is 1. The molecular weight excluding hydrogens is 608 g/mol. The molecule has 0 spiro atoms. The summed E-state index contributed by atoms with van der Waals surface area (Å²) in [7, 11) is 0. The van der Waals surface area contributed by atoms with Crippen molar-refractivity contribution in [3.63, 3.8) is 0 Å². The van der Waals surface area contributed by atoms with Gasteiger partial charge in [0.2, 0.25) is 11.7 Å². The predicted octanol–water partition coefficient (Wildman–Crippen LogP) is 0.797. The molecule has 2 aliphatic rings. The van der Waals surface area contributed by atoms with Crippen LogP contribution in [0.4, 0.5) is 0 Å². The van der Waals surface area contributed by atoms with E-state index in [9.17, 15) is 29.1 Å². The summed E-state index contributed by atoms with van der Waals surface area (Å²) in [6.07, 6.45) is 10.7. The summed E-state index contributed by atoms with van der Waals surface area (Å²) in [6, 6.07) is -1.48. The third-order valence-corrected chi connectivity index (χ3v) is 8.65. The summed E-state index contributed by atoms with van der Waals surface area (Å²) in [6.45, 7) is 4.42. The van der Waals surface area contributed by atoms with E-state index >= 15 is 0 Å². The molecule has 4 amide bonds. The van der Waals surface area contributed by atoms with Crippen molar-refractivity contribution in [3.8, 4) is 0 Å². The molecule has 3 aromatic rings. The summed E-state index contributed by atoms with van der Waals surface area (Å²) in [5.41, 5.74) is 5.02. The molecule has 47 heavy (non-hydrogen) atoms. The molecule has 4 N–H and O–H groups in total. The highest BCUT2D eigenvalue weighted by atomic mass is 16.3. The first kappa shape index (κ1) is 33.4. The van der Waals surface area contributed by atoms with Gasteiger partial charge >= 0.3 is 0 Å². The van der Waals surface area contributed by atoms with Crippen LogP contribution >= 0.6 is 0 Å². The molecule has 0 aromatic carbocycles. The molecule has 5 rings (SSSR count). The van der Waals surface area contributed by atoms with Gasteiger partial charge in [0.15, 0.2) is 5.65 Å². The lowest BCUT2D eigenvalue weighted by Gasteiger charge is -2.27. The number of Topliss-reactive ketones (excluding diaryl/α,β-unsaturated/α-hetero) is 1. The van der Waals surface area contributed by atoms with Crippen molar-refractivity contribution in [3.05, 3.63) is 42.1 Å². The highest BCUT2D eigenvalue weighted by Gasteiger charge is 2.44. The lowest BCUT2D eigenvalue weighted by Crippen LogP contribution is -2.52. The zero-order valence-electron chi connectivity index (χ0n) is 26.5. The van der Waals surface area contributed by atoms with Gasteiger partial charge in [-0.25, -0.2) is 19.6 Å². The minimum atomic E-state index is -1.33. The average molecular weight is 647 g/mol. The van der Waals surface area contributed by atoms with Crippen molar-refractivity contribution < 1.29 is 29.1 Å². The molecule has 0 bridgehead atoms. The monoisotopic (exact) mass is 646 g/mol. The topological polar surface area (TPSA) is 229 Å². The Morgan fingerprint density at radius 2 is 1.81 bits per heavy atom. The number of fused-ring (bicyclic) bond motifs is 1. The summed E-state index contributed by atoms with van der Waals surface area (Å²) in [5, 5.41) is 21.3. The third kappa shape index (κ3) is 7.53. The molecule has 248 valence electrons. The van der Waals surface area contributed by atoms with E-state index in [1.54, 1.807) is 13.8 Å². The second-order valence-electron chi connectivity index (χ2n) is 12.6. The molecular formula is C31H38N10O6. The second-order valence-corrected chi connectivity index (χ2v) is 12.6. The van der Waals surface area contributed by atoms with Crippen molar-refractivity contribution in [1.82, 2.24) is 40.2 Å². The Morgan fingerprint density at radius 1 is 1.09 bits per heavy atom. The molecule has 16 heteroatoms. The molecule has 1 aliphatic carbocycles. The molecule has 16 nitrogen and oxygen atoms in total. The minimum Gasteiger partial charge on any atom is -0.384 e. The number of nitrogens with one attached hydrogen (secondary N) is 1. The zero-order valence-corrected chi connectivity index (χ0v) is 26.5. The quantitative estimate of drug-likeness (QED) is 0.206. The van der Waals surface area contributed by atoms with Crippen LogP contribution in [0.15, 0.2) is 35.8 Å². The van der Waals surface area contributed by atoms with Crippen LogP contribution in [0.5, 0.6) is 0 Å². The van der Waals surface area contributed by atoms with Crippen molar-refractivity contribution in [2.24, 2.45) is 16.6 Å². The fraction of sp³-hybridized carbons (Fsp3) is 0.516. The number of likely N-dealkylation sites (tertiary alicyclic amines) is 1. The summed E-state index contributed by atoms with van der Waals surface area (Å²) in [5.74, 6) is -4.11. The van der Waals surface area contributed by atoms with E-state index in [0.717, 1.165) is 32.1 Å². The number of ketones is 1. The van der Waals surface area contributed by atoms with Crippen molar-refractivity contribution >= 4 is 46.3 Å². The van der Waals surface area contributed by atoms with E-state index in [-0.39, 0.29) is 36.6 Å². The first-order chi connectivity index (χ1) is 22.3. The molecule has 1 unspecified atom stereocenters. The van der Waals surface area contributed by atoms with E-state index in [1.807, 2.05) is 0 Å². The summed E-state index contributed by atoms with van der Waals surface area (Å²) in [4.78, 5) is 83.4. The Morgan fingerprint density at radius 3 is 2.51 bits per heavy atom. The Balaban J connectivity index is 1.50. The molecule has 3 atom stereocenters. The van der Waals surface area contributed by atoms with Gasteiger partial charge in [0.25, 0.3) is 17.7 Å². The number of hydrogen-bond acceptors (Lipinski definition) is 11. The highest BCUT2D eigenvalue weighted by molar-refractivity contribution is 6.41. The minimum absolute atomic E-state index is 0.0119. The molecule has 2 fully saturated rings. The Labute approximate surface area is 270 Å². The maximum absolute atomic E-state index is 14.4. The summed E-state index contributed by atoms with van der Waals surface area (Å²) >= 11 is 0. The smallest absolute Gasteiger partial charge is 0.287 e. The van der Waals surface area contributed by atoms with Crippen molar-refractivity contribution in [2.45, 2.75) is 89.4 Å². The molecule has 1 aliphatic heterocycles. The second kappa shape index (κ2) is 13.8. The van der Waals surface area contributed by atoms with Crippen LogP contribution in [0.25, 0.3) is 11.2 Å². The van der Waals surface area contributed by atoms with E-state index in [0.29, 0.717) is 16.9 Å². The van der Waals surface area contributed by atoms with Gasteiger partial charge in [0.1, 0.15) is 22.9 Å². The highest BCUT2D eigenvalue weighted by Crippen LogP contribution is 2.33. The number of hydrogen-bond donors (Lipinski definition) is 3. The van der Waals surface area contributed by atoms with Crippen molar-refractivity contribution in [2.75, 3.05) is 6.54 Å². The fourth-order valence-electron chi connectivity index (χ4n) is 6.18. The van der Waals surface area contributed by atoms with Crippen LogP contribution in [0, 0.1) is 5.92 Å². The number of primary amides is 1. The van der Waals surface area contributed by atoms with Gasteiger partial charge in [-0.1, -0.05) is 37.3 Å². The first-order valence-electron chi connectivity index (χ1n) is 15.6. The van der Waals surface area contributed by atoms with Gasteiger partial charge in [-0.2, -0.15) is 0 Å². The molecule has 1 saturated heterocycles. The largest absolute Gasteiger partial charge is 0.384 e. The van der Waals surface area contributed by atoms with Crippen molar-refractivity contribution in [1.29, 1.82) is 0 Å².